The highest BCUT2D eigenvalue weighted by atomic mass is 19.1. The second-order valence-corrected chi connectivity index (χ2v) is 5.58. The zero-order valence-electron chi connectivity index (χ0n) is 13.6. The Morgan fingerprint density at radius 2 is 1.96 bits per heavy atom. The summed E-state index contributed by atoms with van der Waals surface area (Å²) in [5.74, 6) is 0.346. The van der Waals surface area contributed by atoms with Gasteiger partial charge in [-0.15, -0.1) is 0 Å². The summed E-state index contributed by atoms with van der Waals surface area (Å²) in [7, 11) is 0. The van der Waals surface area contributed by atoms with Gasteiger partial charge in [-0.1, -0.05) is 18.2 Å². The molecule has 0 aliphatic carbocycles. The number of benzene rings is 1. The first-order chi connectivity index (χ1) is 11.2. The van der Waals surface area contributed by atoms with Crippen molar-refractivity contribution in [2.45, 2.75) is 32.7 Å². The predicted octanol–water partition coefficient (Wildman–Crippen LogP) is 1.89. The molecule has 0 unspecified atom stereocenters. The Hall–Kier alpha value is -2.11. The molecule has 1 saturated heterocycles. The van der Waals surface area contributed by atoms with Crippen LogP contribution in [0.1, 0.15) is 31.7 Å². The predicted molar refractivity (Wildman–Crippen MR) is 89.6 cm³/mol. The molecule has 1 fully saturated rings. The summed E-state index contributed by atoms with van der Waals surface area (Å²) >= 11 is 0. The van der Waals surface area contributed by atoms with Gasteiger partial charge in [0.1, 0.15) is 5.82 Å². The van der Waals surface area contributed by atoms with Crippen LogP contribution < -0.4 is 10.6 Å². The summed E-state index contributed by atoms with van der Waals surface area (Å²) in [6, 6.07) is 6.57. The van der Waals surface area contributed by atoms with Crippen molar-refractivity contribution in [3.05, 3.63) is 35.6 Å². The number of amides is 1. The van der Waals surface area contributed by atoms with Gasteiger partial charge in [0.25, 0.3) is 0 Å². The standard InChI is InChI=1S/C17H25FN4O/c1-2-19-17(20-12-14-8-4-5-9-15(14)18)21-13-16(23)22-10-6-3-7-11-22/h4-5,8-9H,2-3,6-7,10-13H2,1H3,(H2,19,20,21). The molecule has 6 heteroatoms. The zero-order valence-corrected chi connectivity index (χ0v) is 13.6. The Balaban J connectivity index is 1.88. The summed E-state index contributed by atoms with van der Waals surface area (Å²) in [6.45, 7) is 4.75. The molecule has 0 saturated carbocycles. The molecule has 0 radical (unpaired) electrons. The van der Waals surface area contributed by atoms with Crippen molar-refractivity contribution >= 4 is 11.9 Å². The summed E-state index contributed by atoms with van der Waals surface area (Å²) in [5.41, 5.74) is 0.534. The van der Waals surface area contributed by atoms with E-state index in [-0.39, 0.29) is 24.8 Å². The Morgan fingerprint density at radius 3 is 2.65 bits per heavy atom. The van der Waals surface area contributed by atoms with E-state index in [1.54, 1.807) is 18.2 Å². The molecule has 1 amide bonds. The van der Waals surface area contributed by atoms with Gasteiger partial charge in [-0.2, -0.15) is 0 Å². The Bertz CT molecular complexity index is 541. The molecule has 2 N–H and O–H groups in total. The minimum absolute atomic E-state index is 0.0844. The quantitative estimate of drug-likeness (QED) is 0.643. The summed E-state index contributed by atoms with van der Waals surface area (Å²) in [5, 5.41) is 6.11. The largest absolute Gasteiger partial charge is 0.357 e. The van der Waals surface area contributed by atoms with Crippen LogP contribution in [0, 0.1) is 5.82 Å². The number of halogens is 1. The van der Waals surface area contributed by atoms with Crippen molar-refractivity contribution in [2.75, 3.05) is 26.2 Å². The van der Waals surface area contributed by atoms with Crippen LogP contribution >= 0.6 is 0 Å². The fourth-order valence-electron chi connectivity index (χ4n) is 2.55. The lowest BCUT2D eigenvalue weighted by atomic mass is 10.1. The average molecular weight is 320 g/mol. The SMILES string of the molecule is CCNC(=NCc1ccccc1F)NCC(=O)N1CCCCC1. The van der Waals surface area contributed by atoms with Crippen LogP contribution in [0.5, 0.6) is 0 Å². The van der Waals surface area contributed by atoms with Gasteiger partial charge in [0.05, 0.1) is 13.1 Å². The van der Waals surface area contributed by atoms with E-state index in [4.69, 9.17) is 0 Å². The minimum atomic E-state index is -0.267. The third-order valence-corrected chi connectivity index (χ3v) is 3.83. The number of aliphatic imine (C=N–C) groups is 1. The molecule has 5 nitrogen and oxygen atoms in total. The highest BCUT2D eigenvalue weighted by Gasteiger charge is 2.16. The highest BCUT2D eigenvalue weighted by molar-refractivity contribution is 5.86. The number of nitrogens with one attached hydrogen (secondary N) is 2. The molecule has 126 valence electrons. The number of likely N-dealkylation sites (tertiary alicyclic amines) is 1. The normalized spacial score (nSPS) is 15.4. The van der Waals surface area contributed by atoms with Gasteiger partial charge in [-0.3, -0.25) is 4.79 Å². The number of hydrogen-bond donors (Lipinski definition) is 2. The summed E-state index contributed by atoms with van der Waals surface area (Å²) in [6.07, 6.45) is 3.35. The number of piperidine rings is 1. The van der Waals surface area contributed by atoms with Crippen molar-refractivity contribution in [2.24, 2.45) is 4.99 Å². The van der Waals surface area contributed by atoms with Crippen LogP contribution in [0.25, 0.3) is 0 Å². The molecular weight excluding hydrogens is 295 g/mol. The molecule has 0 aromatic heterocycles. The van der Waals surface area contributed by atoms with Gasteiger partial charge >= 0.3 is 0 Å². The highest BCUT2D eigenvalue weighted by Crippen LogP contribution is 2.08. The maximum absolute atomic E-state index is 13.6. The first-order valence-corrected chi connectivity index (χ1v) is 8.24. The lowest BCUT2D eigenvalue weighted by Gasteiger charge is -2.27. The van der Waals surface area contributed by atoms with Crippen LogP contribution in [0.4, 0.5) is 4.39 Å². The van der Waals surface area contributed by atoms with Gasteiger partial charge in [0, 0.05) is 25.2 Å². The van der Waals surface area contributed by atoms with Gasteiger partial charge in [-0.05, 0) is 32.3 Å². The zero-order chi connectivity index (χ0) is 16.5. The minimum Gasteiger partial charge on any atom is -0.357 e. The maximum atomic E-state index is 13.6. The number of nitrogens with zero attached hydrogens (tertiary/aromatic N) is 2. The number of carbonyl (C=O) groups excluding carboxylic acids is 1. The van der Waals surface area contributed by atoms with Crippen LogP contribution in [0.2, 0.25) is 0 Å². The van der Waals surface area contributed by atoms with E-state index in [0.717, 1.165) is 25.9 Å². The van der Waals surface area contributed by atoms with Crippen LogP contribution in [0.15, 0.2) is 29.3 Å². The number of rotatable bonds is 5. The van der Waals surface area contributed by atoms with E-state index >= 15 is 0 Å². The Morgan fingerprint density at radius 1 is 1.22 bits per heavy atom. The third-order valence-electron chi connectivity index (χ3n) is 3.83. The molecule has 1 aromatic carbocycles. The van der Waals surface area contributed by atoms with Crippen LogP contribution in [0.3, 0.4) is 0 Å². The van der Waals surface area contributed by atoms with E-state index in [0.29, 0.717) is 18.1 Å². The topological polar surface area (TPSA) is 56.7 Å². The monoisotopic (exact) mass is 320 g/mol. The molecule has 1 aromatic rings. The first kappa shape index (κ1) is 17.2. The van der Waals surface area contributed by atoms with Crippen LogP contribution in [-0.2, 0) is 11.3 Å². The van der Waals surface area contributed by atoms with Gasteiger partial charge in [0.2, 0.25) is 5.91 Å². The number of carbonyl (C=O) groups is 1. The van der Waals surface area contributed by atoms with E-state index in [1.807, 2.05) is 11.8 Å². The molecule has 23 heavy (non-hydrogen) atoms. The lowest BCUT2D eigenvalue weighted by molar-refractivity contribution is -0.130. The molecule has 0 spiro atoms. The van der Waals surface area contributed by atoms with E-state index in [2.05, 4.69) is 15.6 Å². The van der Waals surface area contributed by atoms with Crippen molar-refractivity contribution < 1.29 is 9.18 Å². The smallest absolute Gasteiger partial charge is 0.241 e. The summed E-state index contributed by atoms with van der Waals surface area (Å²) < 4.78 is 13.6. The Labute approximate surface area is 137 Å². The summed E-state index contributed by atoms with van der Waals surface area (Å²) in [4.78, 5) is 18.4. The number of guanidine groups is 1. The fourth-order valence-corrected chi connectivity index (χ4v) is 2.55. The molecular formula is C17H25FN4O. The molecule has 1 aliphatic heterocycles. The van der Waals surface area contributed by atoms with Crippen molar-refractivity contribution in [1.29, 1.82) is 0 Å². The van der Waals surface area contributed by atoms with E-state index in [9.17, 15) is 9.18 Å². The van der Waals surface area contributed by atoms with Crippen molar-refractivity contribution in [1.82, 2.24) is 15.5 Å². The Kier molecular flexibility index (Phi) is 6.84. The first-order valence-electron chi connectivity index (χ1n) is 8.24. The van der Waals surface area contributed by atoms with E-state index < -0.39 is 0 Å². The third kappa shape index (κ3) is 5.54. The molecule has 1 aliphatic rings. The fraction of sp³-hybridized carbons (Fsp3) is 0.529. The second-order valence-electron chi connectivity index (χ2n) is 5.58. The molecule has 2 rings (SSSR count). The van der Waals surface area contributed by atoms with Crippen molar-refractivity contribution in [3.8, 4) is 0 Å². The maximum Gasteiger partial charge on any atom is 0.241 e. The molecule has 0 atom stereocenters. The molecule has 0 bridgehead atoms. The van der Waals surface area contributed by atoms with Gasteiger partial charge in [0.15, 0.2) is 5.96 Å². The van der Waals surface area contributed by atoms with Gasteiger partial charge < -0.3 is 15.5 Å². The van der Waals surface area contributed by atoms with E-state index in [1.165, 1.54) is 12.5 Å². The average Bonchev–Trinajstić information content (AvgIpc) is 2.59. The number of hydrogen-bond acceptors (Lipinski definition) is 2. The van der Waals surface area contributed by atoms with Crippen LogP contribution in [-0.4, -0.2) is 42.9 Å². The molecule has 1 heterocycles. The lowest BCUT2D eigenvalue weighted by Crippen LogP contribution is -2.46. The van der Waals surface area contributed by atoms with Crippen molar-refractivity contribution in [3.63, 3.8) is 0 Å². The second kappa shape index (κ2) is 9.12. The van der Waals surface area contributed by atoms with Gasteiger partial charge in [-0.25, -0.2) is 9.38 Å².